The number of hydrogen-bond acceptors (Lipinski definition) is 4. The second-order valence-electron chi connectivity index (χ2n) is 5.11. The number of methoxy groups -OCH3 is 2. The number of nitrogens with one attached hydrogen (secondary N) is 1. The van der Waals surface area contributed by atoms with Gasteiger partial charge in [0.2, 0.25) is 0 Å². The number of nitrogens with two attached hydrogens (primary N) is 1. The Hall–Kier alpha value is -1.68. The molecule has 0 atom stereocenters. The highest BCUT2D eigenvalue weighted by atomic mass is 127. The lowest BCUT2D eigenvalue weighted by molar-refractivity contribution is 0.355. The van der Waals surface area contributed by atoms with E-state index in [-0.39, 0.29) is 29.8 Å². The smallest absolute Gasteiger partial charge is 0.193 e. The van der Waals surface area contributed by atoms with Crippen LogP contribution in [0.15, 0.2) is 47.5 Å². The Kier molecular flexibility index (Phi) is 10.2. The van der Waals surface area contributed by atoms with Crippen LogP contribution in [0, 0.1) is 5.82 Å². The first-order valence-corrected chi connectivity index (χ1v) is 8.89. The fourth-order valence-electron chi connectivity index (χ4n) is 2.13. The molecule has 0 radical (unpaired) electrons. The van der Waals surface area contributed by atoms with Crippen LogP contribution in [0.2, 0.25) is 0 Å². The molecule has 26 heavy (non-hydrogen) atoms. The quantitative estimate of drug-likeness (QED) is 0.252. The van der Waals surface area contributed by atoms with E-state index in [1.54, 1.807) is 50.2 Å². The molecule has 0 aliphatic carbocycles. The van der Waals surface area contributed by atoms with Crippen LogP contribution in [0.3, 0.4) is 0 Å². The fourth-order valence-corrected chi connectivity index (χ4v) is 2.95. The zero-order valence-corrected chi connectivity index (χ0v) is 17.8. The van der Waals surface area contributed by atoms with E-state index in [0.29, 0.717) is 35.3 Å². The molecule has 0 bridgehead atoms. The molecule has 0 fully saturated rings. The third-order valence-corrected chi connectivity index (χ3v) is 4.38. The molecule has 8 heteroatoms. The zero-order valence-electron chi connectivity index (χ0n) is 14.7. The van der Waals surface area contributed by atoms with Gasteiger partial charge in [0.25, 0.3) is 0 Å². The largest absolute Gasteiger partial charge is 0.493 e. The van der Waals surface area contributed by atoms with Crippen LogP contribution in [0.5, 0.6) is 11.5 Å². The highest BCUT2D eigenvalue weighted by Gasteiger charge is 2.05. The van der Waals surface area contributed by atoms with Gasteiger partial charge in [0.1, 0.15) is 5.82 Å². The van der Waals surface area contributed by atoms with Crippen molar-refractivity contribution in [3.63, 3.8) is 0 Å². The highest BCUT2D eigenvalue weighted by Crippen LogP contribution is 2.29. The van der Waals surface area contributed by atoms with Crippen molar-refractivity contribution in [2.45, 2.75) is 5.75 Å². The van der Waals surface area contributed by atoms with Gasteiger partial charge in [-0.05, 0) is 23.8 Å². The van der Waals surface area contributed by atoms with E-state index in [1.165, 1.54) is 6.07 Å². The van der Waals surface area contributed by atoms with Crippen molar-refractivity contribution in [3.05, 3.63) is 53.8 Å². The summed E-state index contributed by atoms with van der Waals surface area (Å²) in [5, 5.41) is 3.01. The molecule has 2 aromatic rings. The van der Waals surface area contributed by atoms with Crippen LogP contribution >= 0.6 is 35.7 Å². The summed E-state index contributed by atoms with van der Waals surface area (Å²) >= 11 is 1.61. The Labute approximate surface area is 174 Å². The molecule has 2 rings (SSSR count). The predicted octanol–water partition coefficient (Wildman–Crippen LogP) is 4.12. The number of benzene rings is 2. The number of aliphatic imine (C=N–C) groups is 1. The van der Waals surface area contributed by atoms with Crippen molar-refractivity contribution in [1.82, 2.24) is 0 Å². The van der Waals surface area contributed by atoms with Gasteiger partial charge in [-0.15, -0.1) is 24.0 Å². The molecule has 0 saturated heterocycles. The summed E-state index contributed by atoms with van der Waals surface area (Å²) in [7, 11) is 3.16. The molecule has 0 aliphatic heterocycles. The molecule has 0 aliphatic rings. The van der Waals surface area contributed by atoms with Crippen LogP contribution in [0.4, 0.5) is 10.1 Å². The van der Waals surface area contributed by atoms with Gasteiger partial charge in [-0.1, -0.05) is 18.2 Å². The van der Waals surface area contributed by atoms with Crippen molar-refractivity contribution in [2.75, 3.05) is 31.8 Å². The lowest BCUT2D eigenvalue weighted by Crippen LogP contribution is -2.23. The molecule has 5 nitrogen and oxygen atoms in total. The van der Waals surface area contributed by atoms with Crippen LogP contribution in [-0.4, -0.2) is 32.5 Å². The minimum atomic E-state index is -0.173. The van der Waals surface area contributed by atoms with Gasteiger partial charge in [-0.2, -0.15) is 11.8 Å². The van der Waals surface area contributed by atoms with E-state index in [1.807, 2.05) is 12.1 Å². The number of guanidine groups is 1. The van der Waals surface area contributed by atoms with E-state index < -0.39 is 0 Å². The maximum absolute atomic E-state index is 13.5. The standard InChI is InChI=1S/C18H22FN3O2S.HI/c1-23-16-8-7-14(11-17(16)24-2)22-18(20)21-9-10-25-12-13-5-3-4-6-15(13)19;/h3-8,11H,9-10,12H2,1-2H3,(H3,20,21,22);1H. The number of thioether (sulfide) groups is 1. The number of hydrogen-bond donors (Lipinski definition) is 2. The molecule has 0 spiro atoms. The first-order valence-electron chi connectivity index (χ1n) is 7.74. The summed E-state index contributed by atoms with van der Waals surface area (Å²) in [5.41, 5.74) is 7.35. The normalized spacial score (nSPS) is 10.8. The first kappa shape index (κ1) is 22.4. The Morgan fingerprint density at radius 2 is 1.88 bits per heavy atom. The molecule has 0 saturated carbocycles. The van der Waals surface area contributed by atoms with Crippen molar-refractivity contribution in [3.8, 4) is 11.5 Å². The van der Waals surface area contributed by atoms with Crippen LogP contribution in [0.25, 0.3) is 0 Å². The van der Waals surface area contributed by atoms with Gasteiger partial charge in [0.05, 0.1) is 20.8 Å². The van der Waals surface area contributed by atoms with Crippen molar-refractivity contribution >= 4 is 47.4 Å². The van der Waals surface area contributed by atoms with Crippen LogP contribution in [0.1, 0.15) is 5.56 Å². The highest BCUT2D eigenvalue weighted by molar-refractivity contribution is 14.0. The van der Waals surface area contributed by atoms with E-state index in [2.05, 4.69) is 10.3 Å². The first-order chi connectivity index (χ1) is 12.1. The van der Waals surface area contributed by atoms with Gasteiger partial charge in [-0.3, -0.25) is 4.99 Å². The second-order valence-corrected chi connectivity index (χ2v) is 6.21. The molecule has 0 aromatic heterocycles. The van der Waals surface area contributed by atoms with E-state index in [4.69, 9.17) is 15.2 Å². The fraction of sp³-hybridized carbons (Fsp3) is 0.278. The Bertz CT molecular complexity index is 731. The molecule has 2 aromatic carbocycles. The summed E-state index contributed by atoms with van der Waals surface area (Å²) in [6, 6.07) is 12.2. The molecule has 0 amide bonds. The SMILES string of the molecule is COc1ccc(NC(N)=NCCSCc2ccccc2F)cc1OC.I. The summed E-state index contributed by atoms with van der Waals surface area (Å²) < 4.78 is 23.9. The van der Waals surface area contributed by atoms with E-state index in [9.17, 15) is 4.39 Å². The Balaban J connectivity index is 0.00000338. The molecule has 142 valence electrons. The average molecular weight is 491 g/mol. The molecule has 0 unspecified atom stereocenters. The van der Waals surface area contributed by atoms with Gasteiger partial charge < -0.3 is 20.5 Å². The monoisotopic (exact) mass is 491 g/mol. The average Bonchev–Trinajstić information content (AvgIpc) is 2.62. The summed E-state index contributed by atoms with van der Waals surface area (Å²) in [4.78, 5) is 4.27. The summed E-state index contributed by atoms with van der Waals surface area (Å²) in [5.74, 6) is 2.77. The number of anilines is 1. The van der Waals surface area contributed by atoms with Gasteiger partial charge >= 0.3 is 0 Å². The number of nitrogens with zero attached hydrogens (tertiary/aromatic N) is 1. The zero-order chi connectivity index (χ0) is 18.1. The third-order valence-electron chi connectivity index (χ3n) is 3.39. The topological polar surface area (TPSA) is 68.9 Å². The van der Waals surface area contributed by atoms with Crippen molar-refractivity contribution < 1.29 is 13.9 Å². The number of halogens is 2. The maximum Gasteiger partial charge on any atom is 0.193 e. The maximum atomic E-state index is 13.5. The number of rotatable bonds is 8. The van der Waals surface area contributed by atoms with Crippen molar-refractivity contribution in [1.29, 1.82) is 0 Å². The van der Waals surface area contributed by atoms with Crippen molar-refractivity contribution in [2.24, 2.45) is 10.7 Å². The lowest BCUT2D eigenvalue weighted by Gasteiger charge is -2.10. The Morgan fingerprint density at radius 3 is 2.58 bits per heavy atom. The predicted molar refractivity (Wildman–Crippen MR) is 118 cm³/mol. The second kappa shape index (κ2) is 11.8. The molecular formula is C18H23FIN3O2S. The summed E-state index contributed by atoms with van der Waals surface area (Å²) in [6.45, 7) is 0.547. The third kappa shape index (κ3) is 6.91. The molecule has 3 N–H and O–H groups in total. The van der Waals surface area contributed by atoms with Gasteiger partial charge in [0, 0.05) is 23.3 Å². The van der Waals surface area contributed by atoms with Gasteiger partial charge in [0.15, 0.2) is 17.5 Å². The lowest BCUT2D eigenvalue weighted by atomic mass is 10.2. The Morgan fingerprint density at radius 1 is 1.15 bits per heavy atom. The molecule has 0 heterocycles. The minimum Gasteiger partial charge on any atom is -0.493 e. The van der Waals surface area contributed by atoms with Gasteiger partial charge in [-0.25, -0.2) is 4.39 Å². The minimum absolute atomic E-state index is 0. The van der Waals surface area contributed by atoms with E-state index in [0.717, 1.165) is 11.4 Å². The van der Waals surface area contributed by atoms with E-state index >= 15 is 0 Å². The van der Waals surface area contributed by atoms with Crippen LogP contribution < -0.4 is 20.5 Å². The summed E-state index contributed by atoms with van der Waals surface area (Å²) in [6.07, 6.45) is 0. The number of ether oxygens (including phenoxy) is 2. The molecular weight excluding hydrogens is 468 g/mol. The van der Waals surface area contributed by atoms with Crippen LogP contribution in [-0.2, 0) is 5.75 Å².